The SMILES string of the molecule is CCOc1nc(-c2cccc(F)c2)n(-c2cccc(NC(=O)C(C)C)c2)n1. The fraction of sp³-hybridized carbons (Fsp3) is 0.250. The highest BCUT2D eigenvalue weighted by molar-refractivity contribution is 5.92. The van der Waals surface area contributed by atoms with Gasteiger partial charge in [0.2, 0.25) is 5.91 Å². The van der Waals surface area contributed by atoms with Crippen LogP contribution in [0.2, 0.25) is 0 Å². The molecular weight excluding hydrogens is 347 g/mol. The van der Waals surface area contributed by atoms with Crippen molar-refractivity contribution in [1.82, 2.24) is 14.8 Å². The van der Waals surface area contributed by atoms with Gasteiger partial charge in [0.05, 0.1) is 12.3 Å². The zero-order chi connectivity index (χ0) is 19.4. The Bertz CT molecular complexity index is 953. The van der Waals surface area contributed by atoms with Crippen LogP contribution < -0.4 is 10.1 Å². The Kier molecular flexibility index (Phi) is 5.49. The molecule has 0 radical (unpaired) electrons. The highest BCUT2D eigenvalue weighted by atomic mass is 19.1. The number of amides is 1. The van der Waals surface area contributed by atoms with Crippen molar-refractivity contribution in [3.05, 3.63) is 54.3 Å². The molecule has 0 saturated heterocycles. The molecule has 27 heavy (non-hydrogen) atoms. The number of nitrogens with zero attached hydrogens (tertiary/aromatic N) is 3. The number of anilines is 1. The van der Waals surface area contributed by atoms with Crippen molar-refractivity contribution in [2.75, 3.05) is 11.9 Å². The Morgan fingerprint density at radius 1 is 1.22 bits per heavy atom. The van der Waals surface area contributed by atoms with Crippen molar-refractivity contribution < 1.29 is 13.9 Å². The normalized spacial score (nSPS) is 10.9. The predicted octanol–water partition coefficient (Wildman–Crippen LogP) is 4.07. The van der Waals surface area contributed by atoms with Crippen LogP contribution in [0.5, 0.6) is 6.01 Å². The van der Waals surface area contributed by atoms with Gasteiger partial charge < -0.3 is 10.1 Å². The zero-order valence-corrected chi connectivity index (χ0v) is 15.4. The van der Waals surface area contributed by atoms with E-state index in [0.29, 0.717) is 29.4 Å². The van der Waals surface area contributed by atoms with E-state index in [1.165, 1.54) is 12.1 Å². The van der Waals surface area contributed by atoms with E-state index in [0.717, 1.165) is 0 Å². The molecule has 0 atom stereocenters. The second kappa shape index (κ2) is 7.99. The second-order valence-electron chi connectivity index (χ2n) is 6.27. The number of carbonyl (C=O) groups is 1. The minimum absolute atomic E-state index is 0.0777. The maximum absolute atomic E-state index is 13.7. The predicted molar refractivity (Wildman–Crippen MR) is 101 cm³/mol. The summed E-state index contributed by atoms with van der Waals surface area (Å²) >= 11 is 0. The summed E-state index contributed by atoms with van der Waals surface area (Å²) in [6, 6.07) is 13.6. The number of halogens is 1. The molecule has 0 aliphatic heterocycles. The van der Waals surface area contributed by atoms with Crippen LogP contribution in [-0.2, 0) is 4.79 Å². The van der Waals surface area contributed by atoms with Crippen molar-refractivity contribution in [3.8, 4) is 23.1 Å². The topological polar surface area (TPSA) is 69.0 Å². The molecule has 140 valence electrons. The van der Waals surface area contributed by atoms with Gasteiger partial charge in [-0.1, -0.05) is 32.0 Å². The molecule has 0 bridgehead atoms. The van der Waals surface area contributed by atoms with Gasteiger partial charge in [0, 0.05) is 17.2 Å². The van der Waals surface area contributed by atoms with Gasteiger partial charge in [-0.05, 0) is 37.3 Å². The fourth-order valence-corrected chi connectivity index (χ4v) is 2.48. The van der Waals surface area contributed by atoms with Crippen LogP contribution in [0.3, 0.4) is 0 Å². The number of nitrogens with one attached hydrogen (secondary N) is 1. The van der Waals surface area contributed by atoms with Crippen LogP contribution >= 0.6 is 0 Å². The molecule has 0 aliphatic carbocycles. The number of ether oxygens (including phenoxy) is 1. The number of rotatable bonds is 6. The molecule has 6 nitrogen and oxygen atoms in total. The minimum Gasteiger partial charge on any atom is -0.463 e. The maximum Gasteiger partial charge on any atom is 0.336 e. The molecule has 0 aliphatic rings. The third-order valence-corrected chi connectivity index (χ3v) is 3.83. The molecule has 7 heteroatoms. The molecule has 3 rings (SSSR count). The number of aromatic nitrogens is 3. The quantitative estimate of drug-likeness (QED) is 0.712. The maximum atomic E-state index is 13.7. The van der Waals surface area contributed by atoms with Gasteiger partial charge in [0.25, 0.3) is 0 Å². The largest absolute Gasteiger partial charge is 0.463 e. The highest BCUT2D eigenvalue weighted by Gasteiger charge is 2.16. The minimum atomic E-state index is -0.363. The van der Waals surface area contributed by atoms with Crippen LogP contribution in [0.15, 0.2) is 48.5 Å². The zero-order valence-electron chi connectivity index (χ0n) is 15.4. The first-order valence-corrected chi connectivity index (χ1v) is 8.75. The lowest BCUT2D eigenvalue weighted by molar-refractivity contribution is -0.118. The average molecular weight is 368 g/mol. The Morgan fingerprint density at radius 3 is 2.70 bits per heavy atom. The lowest BCUT2D eigenvalue weighted by Crippen LogP contribution is -2.17. The second-order valence-corrected chi connectivity index (χ2v) is 6.27. The van der Waals surface area contributed by atoms with Crippen molar-refractivity contribution in [2.24, 2.45) is 5.92 Å². The number of benzene rings is 2. The van der Waals surface area contributed by atoms with Crippen LogP contribution in [0, 0.1) is 11.7 Å². The van der Waals surface area contributed by atoms with E-state index in [2.05, 4.69) is 15.4 Å². The Hall–Kier alpha value is -3.22. The number of carbonyl (C=O) groups excluding carboxylic acids is 1. The Labute approximate surface area is 157 Å². The summed E-state index contributed by atoms with van der Waals surface area (Å²) in [5.74, 6) is -0.123. The van der Waals surface area contributed by atoms with E-state index in [9.17, 15) is 9.18 Å². The number of hydrogen-bond donors (Lipinski definition) is 1. The van der Waals surface area contributed by atoms with Crippen LogP contribution in [0.25, 0.3) is 17.1 Å². The highest BCUT2D eigenvalue weighted by Crippen LogP contribution is 2.25. The molecule has 0 fully saturated rings. The first-order valence-electron chi connectivity index (χ1n) is 8.75. The van der Waals surface area contributed by atoms with E-state index in [1.54, 1.807) is 28.9 Å². The first-order chi connectivity index (χ1) is 13.0. The van der Waals surface area contributed by atoms with Gasteiger partial charge in [-0.3, -0.25) is 4.79 Å². The third kappa shape index (κ3) is 4.31. The summed E-state index contributed by atoms with van der Waals surface area (Å²) in [7, 11) is 0. The lowest BCUT2D eigenvalue weighted by Gasteiger charge is -2.10. The molecule has 1 N–H and O–H groups in total. The summed E-state index contributed by atoms with van der Waals surface area (Å²) in [6.45, 7) is 5.90. The summed E-state index contributed by atoms with van der Waals surface area (Å²) in [5, 5.41) is 7.24. The molecule has 1 aromatic heterocycles. The first kappa shape index (κ1) is 18.6. The van der Waals surface area contributed by atoms with E-state index >= 15 is 0 Å². The average Bonchev–Trinajstić information content (AvgIpc) is 3.06. The van der Waals surface area contributed by atoms with Crippen molar-refractivity contribution in [2.45, 2.75) is 20.8 Å². The molecule has 0 unspecified atom stereocenters. The molecule has 0 spiro atoms. The summed E-state index contributed by atoms with van der Waals surface area (Å²) in [6.07, 6.45) is 0. The van der Waals surface area contributed by atoms with Crippen LogP contribution in [0.4, 0.5) is 10.1 Å². The fourth-order valence-electron chi connectivity index (χ4n) is 2.48. The molecule has 0 saturated carbocycles. The Morgan fingerprint density at radius 2 is 2.00 bits per heavy atom. The van der Waals surface area contributed by atoms with Crippen LogP contribution in [0.1, 0.15) is 20.8 Å². The molecular formula is C20H21FN4O2. The smallest absolute Gasteiger partial charge is 0.336 e. The molecule has 1 amide bonds. The van der Waals surface area contributed by atoms with Crippen molar-refractivity contribution in [3.63, 3.8) is 0 Å². The van der Waals surface area contributed by atoms with Crippen molar-refractivity contribution >= 4 is 11.6 Å². The van der Waals surface area contributed by atoms with Gasteiger partial charge in [0.1, 0.15) is 5.82 Å². The lowest BCUT2D eigenvalue weighted by atomic mass is 10.2. The molecule has 1 heterocycles. The Balaban J connectivity index is 2.04. The monoisotopic (exact) mass is 368 g/mol. The van der Waals surface area contributed by atoms with Gasteiger partial charge in [0.15, 0.2) is 5.82 Å². The standard InChI is InChI=1S/C20H21FN4O2/c1-4-27-20-23-18(14-7-5-8-15(21)11-14)25(24-20)17-10-6-9-16(12-17)22-19(26)13(2)3/h5-13H,4H2,1-3H3,(H,22,26). The third-order valence-electron chi connectivity index (χ3n) is 3.83. The van der Waals surface area contributed by atoms with Gasteiger partial charge in [-0.2, -0.15) is 4.98 Å². The summed E-state index contributed by atoms with van der Waals surface area (Å²) < 4.78 is 20.7. The summed E-state index contributed by atoms with van der Waals surface area (Å²) in [5.41, 5.74) is 1.89. The van der Waals surface area contributed by atoms with Crippen molar-refractivity contribution in [1.29, 1.82) is 0 Å². The molecule has 2 aromatic carbocycles. The summed E-state index contributed by atoms with van der Waals surface area (Å²) in [4.78, 5) is 16.3. The van der Waals surface area contributed by atoms with Gasteiger partial charge in [-0.15, -0.1) is 5.10 Å². The molecule has 3 aromatic rings. The van der Waals surface area contributed by atoms with E-state index in [1.807, 2.05) is 32.9 Å². The number of hydrogen-bond acceptors (Lipinski definition) is 4. The van der Waals surface area contributed by atoms with E-state index in [-0.39, 0.29) is 23.7 Å². The van der Waals surface area contributed by atoms with E-state index in [4.69, 9.17) is 4.74 Å². The van der Waals surface area contributed by atoms with Gasteiger partial charge in [-0.25, -0.2) is 9.07 Å². The van der Waals surface area contributed by atoms with E-state index < -0.39 is 0 Å². The van der Waals surface area contributed by atoms with Gasteiger partial charge >= 0.3 is 6.01 Å². The van der Waals surface area contributed by atoms with Crippen LogP contribution in [-0.4, -0.2) is 27.3 Å².